The standard InChI is InChI=1S/C24H32O3/c1-9-10-16-24(19(4)5,27-22(25)18(2)3)17-15-20-11-13-21(14-12-20)26-23(6,7)8/h9-17,19H,1-2H2,3-8H3. The van der Waals surface area contributed by atoms with Gasteiger partial charge in [-0.15, -0.1) is 0 Å². The first kappa shape index (κ1) is 22.5. The second-order valence-corrected chi connectivity index (χ2v) is 7.89. The summed E-state index contributed by atoms with van der Waals surface area (Å²) in [5.41, 5.74) is 0.227. The van der Waals surface area contributed by atoms with Gasteiger partial charge in [-0.05, 0) is 57.5 Å². The van der Waals surface area contributed by atoms with Crippen LogP contribution >= 0.6 is 0 Å². The van der Waals surface area contributed by atoms with Crippen LogP contribution in [-0.4, -0.2) is 17.2 Å². The minimum Gasteiger partial charge on any atom is -0.488 e. The van der Waals surface area contributed by atoms with Gasteiger partial charge in [0.05, 0.1) is 0 Å². The Hall–Kier alpha value is -2.55. The first-order valence-electron chi connectivity index (χ1n) is 9.16. The average Bonchev–Trinajstić information content (AvgIpc) is 2.56. The van der Waals surface area contributed by atoms with Crippen molar-refractivity contribution in [1.82, 2.24) is 0 Å². The van der Waals surface area contributed by atoms with E-state index >= 15 is 0 Å². The van der Waals surface area contributed by atoms with Crippen LogP contribution in [0.15, 0.2) is 67.3 Å². The first-order valence-corrected chi connectivity index (χ1v) is 9.16. The maximum Gasteiger partial charge on any atom is 0.334 e. The van der Waals surface area contributed by atoms with Gasteiger partial charge in [0.2, 0.25) is 0 Å². The minimum atomic E-state index is -0.884. The number of carbonyl (C=O) groups excluding carboxylic acids is 1. The van der Waals surface area contributed by atoms with Gasteiger partial charge in [-0.1, -0.05) is 57.4 Å². The zero-order valence-electron chi connectivity index (χ0n) is 17.4. The number of carbonyl (C=O) groups is 1. The van der Waals surface area contributed by atoms with Crippen LogP contribution in [0.2, 0.25) is 0 Å². The van der Waals surface area contributed by atoms with Crippen LogP contribution in [0.3, 0.4) is 0 Å². The topological polar surface area (TPSA) is 35.5 Å². The lowest BCUT2D eigenvalue weighted by Crippen LogP contribution is -2.36. The highest BCUT2D eigenvalue weighted by Crippen LogP contribution is 2.28. The van der Waals surface area contributed by atoms with Gasteiger partial charge in [0.15, 0.2) is 5.60 Å². The molecule has 1 aromatic carbocycles. The van der Waals surface area contributed by atoms with Crippen molar-refractivity contribution < 1.29 is 14.3 Å². The number of benzene rings is 1. The Morgan fingerprint density at radius 2 is 1.70 bits per heavy atom. The SMILES string of the molecule is C=CC=CC(C=Cc1ccc(OC(C)(C)C)cc1)(OC(=O)C(=C)C)C(C)C. The van der Waals surface area contributed by atoms with E-state index in [9.17, 15) is 4.79 Å². The molecular weight excluding hydrogens is 336 g/mol. The molecule has 0 aliphatic carbocycles. The van der Waals surface area contributed by atoms with Gasteiger partial charge in [0, 0.05) is 11.5 Å². The Labute approximate surface area is 164 Å². The van der Waals surface area contributed by atoms with E-state index in [1.165, 1.54) is 0 Å². The van der Waals surface area contributed by atoms with Crippen molar-refractivity contribution in [3.8, 4) is 5.75 Å². The number of esters is 1. The van der Waals surface area contributed by atoms with E-state index in [2.05, 4.69) is 13.2 Å². The van der Waals surface area contributed by atoms with E-state index in [1.54, 1.807) is 19.1 Å². The van der Waals surface area contributed by atoms with Crippen molar-refractivity contribution in [1.29, 1.82) is 0 Å². The van der Waals surface area contributed by atoms with Crippen LogP contribution in [0.25, 0.3) is 6.08 Å². The molecule has 3 heteroatoms. The fraction of sp³-hybridized carbons (Fsp3) is 0.375. The van der Waals surface area contributed by atoms with E-state index in [-0.39, 0.29) is 11.5 Å². The highest BCUT2D eigenvalue weighted by molar-refractivity contribution is 5.87. The van der Waals surface area contributed by atoms with Crippen molar-refractivity contribution in [2.24, 2.45) is 5.92 Å². The molecule has 146 valence electrons. The molecule has 1 aromatic rings. The van der Waals surface area contributed by atoms with Crippen molar-refractivity contribution >= 4 is 12.0 Å². The second kappa shape index (κ2) is 9.40. The van der Waals surface area contributed by atoms with Crippen LogP contribution in [0.4, 0.5) is 0 Å². The third-order valence-corrected chi connectivity index (χ3v) is 3.85. The van der Waals surface area contributed by atoms with Crippen LogP contribution in [-0.2, 0) is 9.53 Å². The molecular formula is C24H32O3. The maximum absolute atomic E-state index is 12.2. The largest absolute Gasteiger partial charge is 0.488 e. The van der Waals surface area contributed by atoms with E-state index in [0.29, 0.717) is 5.57 Å². The van der Waals surface area contributed by atoms with E-state index in [1.807, 2.05) is 77.1 Å². The summed E-state index contributed by atoms with van der Waals surface area (Å²) in [6, 6.07) is 7.81. The van der Waals surface area contributed by atoms with Crippen molar-refractivity contribution in [2.45, 2.75) is 52.7 Å². The summed E-state index contributed by atoms with van der Waals surface area (Å²) in [5.74, 6) is 0.419. The average molecular weight is 369 g/mol. The van der Waals surface area contributed by atoms with Gasteiger partial charge in [-0.2, -0.15) is 0 Å². The normalized spacial score (nSPS) is 14.3. The summed E-state index contributed by atoms with van der Waals surface area (Å²) in [6.07, 6.45) is 9.14. The first-order chi connectivity index (χ1) is 12.5. The molecule has 1 atom stereocenters. The summed E-state index contributed by atoms with van der Waals surface area (Å²) in [4.78, 5) is 12.2. The Morgan fingerprint density at radius 3 is 2.15 bits per heavy atom. The molecule has 0 aromatic heterocycles. The maximum atomic E-state index is 12.2. The zero-order chi connectivity index (χ0) is 20.7. The van der Waals surface area contributed by atoms with Crippen molar-refractivity contribution in [3.63, 3.8) is 0 Å². The summed E-state index contributed by atoms with van der Waals surface area (Å²) in [6.45, 7) is 19.1. The molecule has 0 N–H and O–H groups in total. The summed E-state index contributed by atoms with van der Waals surface area (Å²) in [5, 5.41) is 0. The fourth-order valence-electron chi connectivity index (χ4n) is 2.32. The molecule has 0 aliphatic heterocycles. The molecule has 0 fully saturated rings. The summed E-state index contributed by atoms with van der Waals surface area (Å²) < 4.78 is 11.6. The van der Waals surface area contributed by atoms with Gasteiger partial charge in [-0.25, -0.2) is 4.79 Å². The number of allylic oxidation sites excluding steroid dienone is 2. The molecule has 0 spiro atoms. The van der Waals surface area contributed by atoms with Crippen molar-refractivity contribution in [3.05, 3.63) is 72.9 Å². The Bertz CT molecular complexity index is 715. The Morgan fingerprint density at radius 1 is 1.11 bits per heavy atom. The van der Waals surface area contributed by atoms with Gasteiger partial charge >= 0.3 is 5.97 Å². The monoisotopic (exact) mass is 368 g/mol. The molecule has 27 heavy (non-hydrogen) atoms. The van der Waals surface area contributed by atoms with Crippen LogP contribution in [0.5, 0.6) is 5.75 Å². The number of hydrogen-bond donors (Lipinski definition) is 0. The molecule has 0 radical (unpaired) electrons. The summed E-state index contributed by atoms with van der Waals surface area (Å²) >= 11 is 0. The molecule has 0 aliphatic rings. The van der Waals surface area contributed by atoms with Crippen LogP contribution < -0.4 is 4.74 Å². The van der Waals surface area contributed by atoms with Gasteiger partial charge in [0.1, 0.15) is 11.4 Å². The second-order valence-electron chi connectivity index (χ2n) is 7.89. The number of rotatable bonds is 8. The Balaban J connectivity index is 3.16. The lowest BCUT2D eigenvalue weighted by Gasteiger charge is -2.31. The van der Waals surface area contributed by atoms with Gasteiger partial charge in [0.25, 0.3) is 0 Å². The van der Waals surface area contributed by atoms with Gasteiger partial charge in [-0.3, -0.25) is 0 Å². The molecule has 0 bridgehead atoms. The predicted molar refractivity (Wildman–Crippen MR) is 114 cm³/mol. The highest BCUT2D eigenvalue weighted by atomic mass is 16.6. The third kappa shape index (κ3) is 7.30. The number of hydrogen-bond acceptors (Lipinski definition) is 3. The molecule has 1 unspecified atom stereocenters. The molecule has 0 amide bonds. The molecule has 0 saturated carbocycles. The molecule has 0 heterocycles. The van der Waals surface area contributed by atoms with E-state index < -0.39 is 11.6 Å². The quantitative estimate of drug-likeness (QED) is 0.314. The predicted octanol–water partition coefficient (Wildman–Crippen LogP) is 6.13. The van der Waals surface area contributed by atoms with E-state index in [4.69, 9.17) is 9.47 Å². The Kier molecular flexibility index (Phi) is 7.83. The fourth-order valence-corrected chi connectivity index (χ4v) is 2.32. The van der Waals surface area contributed by atoms with E-state index in [0.717, 1.165) is 11.3 Å². The smallest absolute Gasteiger partial charge is 0.334 e. The lowest BCUT2D eigenvalue weighted by molar-refractivity contribution is -0.149. The number of ether oxygens (including phenoxy) is 2. The highest BCUT2D eigenvalue weighted by Gasteiger charge is 2.32. The molecule has 1 rings (SSSR count). The molecule has 3 nitrogen and oxygen atoms in total. The minimum absolute atomic E-state index is 0.0248. The lowest BCUT2D eigenvalue weighted by atomic mass is 9.88. The summed E-state index contributed by atoms with van der Waals surface area (Å²) in [7, 11) is 0. The van der Waals surface area contributed by atoms with Crippen molar-refractivity contribution in [2.75, 3.05) is 0 Å². The van der Waals surface area contributed by atoms with Crippen LogP contribution in [0.1, 0.15) is 47.1 Å². The third-order valence-electron chi connectivity index (χ3n) is 3.85. The van der Waals surface area contributed by atoms with Crippen LogP contribution in [0, 0.1) is 5.92 Å². The molecule has 0 saturated heterocycles. The zero-order valence-corrected chi connectivity index (χ0v) is 17.4. The van der Waals surface area contributed by atoms with Gasteiger partial charge < -0.3 is 9.47 Å².